The fraction of sp³-hybridized carbons (Fsp3) is 0.280. The third-order valence-corrected chi connectivity index (χ3v) is 6.10. The van der Waals surface area contributed by atoms with Gasteiger partial charge in [0.2, 0.25) is 5.91 Å². The lowest BCUT2D eigenvalue weighted by Crippen LogP contribution is -2.20. The molecule has 0 aliphatic carbocycles. The molecule has 2 aromatic carbocycles. The van der Waals surface area contributed by atoms with Crippen molar-refractivity contribution in [2.75, 3.05) is 25.1 Å². The van der Waals surface area contributed by atoms with Crippen LogP contribution in [0.15, 0.2) is 51.4 Å². The first-order chi connectivity index (χ1) is 18.6. The highest BCUT2D eigenvalue weighted by atomic mass is 79.9. The van der Waals surface area contributed by atoms with E-state index in [1.165, 1.54) is 18.3 Å². The molecule has 1 heterocycles. The molecule has 0 atom stereocenters. The summed E-state index contributed by atoms with van der Waals surface area (Å²) in [5, 5.41) is 8.74. The van der Waals surface area contributed by atoms with Gasteiger partial charge in [0.25, 0.3) is 0 Å². The van der Waals surface area contributed by atoms with Gasteiger partial charge < -0.3 is 19.5 Å². The number of alkyl halides is 3. The Bertz CT molecular complexity index is 1330. The van der Waals surface area contributed by atoms with Gasteiger partial charge in [0, 0.05) is 11.1 Å². The Labute approximate surface area is 234 Å². The van der Waals surface area contributed by atoms with Crippen LogP contribution in [0.5, 0.6) is 11.5 Å². The highest BCUT2D eigenvalue weighted by Crippen LogP contribution is 2.36. The number of anilines is 2. The SMILES string of the molecule is CCOC(=O)COc1c(Br)cc(/C=N\NC(=O)Cc2csc(Nc3cccc(C(F)(F)F)c3)n2)cc1OCC. The summed E-state index contributed by atoms with van der Waals surface area (Å²) in [6.07, 6.45) is -3.14. The standard InChI is InChI=1S/C25H24BrF3N4O5S/c1-3-36-20-9-15(8-19(26)23(20)38-13-22(35)37-4-2)12-30-33-21(34)11-18-14-39-24(32-18)31-17-7-5-6-16(10-17)25(27,28)29/h5-10,12,14H,3-4,11,13H2,1-2H3,(H,31,32)(H,33,34)/b30-12-. The molecule has 3 rings (SSSR count). The average Bonchev–Trinajstić information content (AvgIpc) is 3.30. The lowest BCUT2D eigenvalue weighted by Gasteiger charge is -2.14. The molecule has 0 saturated carbocycles. The van der Waals surface area contributed by atoms with Crippen molar-refractivity contribution in [2.24, 2.45) is 5.10 Å². The van der Waals surface area contributed by atoms with Gasteiger partial charge in [-0.25, -0.2) is 15.2 Å². The van der Waals surface area contributed by atoms with Gasteiger partial charge in [-0.15, -0.1) is 11.3 Å². The number of ether oxygens (including phenoxy) is 3. The van der Waals surface area contributed by atoms with Gasteiger partial charge >= 0.3 is 12.1 Å². The molecule has 0 spiro atoms. The molecule has 2 N–H and O–H groups in total. The summed E-state index contributed by atoms with van der Waals surface area (Å²) in [6, 6.07) is 8.06. The molecule has 39 heavy (non-hydrogen) atoms. The normalized spacial score (nSPS) is 11.3. The summed E-state index contributed by atoms with van der Waals surface area (Å²) in [7, 11) is 0. The lowest BCUT2D eigenvalue weighted by atomic mass is 10.2. The Morgan fingerprint density at radius 2 is 1.95 bits per heavy atom. The Balaban J connectivity index is 1.58. The zero-order chi connectivity index (χ0) is 28.4. The molecule has 1 aromatic heterocycles. The number of hydrazone groups is 1. The zero-order valence-corrected chi connectivity index (χ0v) is 23.2. The Hall–Kier alpha value is -3.65. The van der Waals surface area contributed by atoms with E-state index in [-0.39, 0.29) is 25.3 Å². The van der Waals surface area contributed by atoms with Crippen LogP contribution in [0, 0.1) is 0 Å². The number of amides is 1. The van der Waals surface area contributed by atoms with Crippen LogP contribution in [0.2, 0.25) is 0 Å². The molecule has 14 heteroatoms. The van der Waals surface area contributed by atoms with Crippen LogP contribution in [-0.2, 0) is 26.9 Å². The van der Waals surface area contributed by atoms with Crippen LogP contribution in [0.1, 0.15) is 30.7 Å². The van der Waals surface area contributed by atoms with Gasteiger partial charge in [0.1, 0.15) is 0 Å². The van der Waals surface area contributed by atoms with Gasteiger partial charge in [0.15, 0.2) is 23.2 Å². The zero-order valence-electron chi connectivity index (χ0n) is 20.8. The molecular weight excluding hydrogens is 605 g/mol. The molecule has 1 amide bonds. The topological polar surface area (TPSA) is 111 Å². The summed E-state index contributed by atoms with van der Waals surface area (Å²) in [6.45, 7) is 3.79. The van der Waals surface area contributed by atoms with E-state index in [4.69, 9.17) is 14.2 Å². The van der Waals surface area contributed by atoms with Crippen molar-refractivity contribution in [3.05, 3.63) is 63.1 Å². The number of carbonyl (C=O) groups excluding carboxylic acids is 2. The van der Waals surface area contributed by atoms with Crippen molar-refractivity contribution in [1.29, 1.82) is 0 Å². The molecular formula is C25H24BrF3N4O5S. The summed E-state index contributed by atoms with van der Waals surface area (Å²) in [5.41, 5.74) is 2.86. The largest absolute Gasteiger partial charge is 0.490 e. The monoisotopic (exact) mass is 628 g/mol. The molecule has 0 saturated heterocycles. The van der Waals surface area contributed by atoms with Crippen molar-refractivity contribution < 1.29 is 37.0 Å². The third-order valence-electron chi connectivity index (χ3n) is 4.71. The minimum absolute atomic E-state index is 0.0906. The van der Waals surface area contributed by atoms with Crippen LogP contribution in [-0.4, -0.2) is 42.9 Å². The number of hydrogen-bond donors (Lipinski definition) is 2. The predicted molar refractivity (Wildman–Crippen MR) is 144 cm³/mol. The second-order valence-corrected chi connectivity index (χ2v) is 9.39. The van der Waals surface area contributed by atoms with Crippen molar-refractivity contribution in [3.63, 3.8) is 0 Å². The third kappa shape index (κ3) is 9.25. The van der Waals surface area contributed by atoms with Crippen molar-refractivity contribution in [2.45, 2.75) is 26.4 Å². The molecule has 0 unspecified atom stereocenters. The first-order valence-electron chi connectivity index (χ1n) is 11.5. The fourth-order valence-electron chi connectivity index (χ4n) is 3.12. The number of halogens is 4. The highest BCUT2D eigenvalue weighted by molar-refractivity contribution is 9.10. The number of carbonyl (C=O) groups is 2. The maximum absolute atomic E-state index is 12.9. The van der Waals surface area contributed by atoms with Crippen molar-refractivity contribution >= 4 is 56.2 Å². The number of rotatable bonds is 12. The summed E-state index contributed by atoms with van der Waals surface area (Å²) in [5.74, 6) is -0.268. The van der Waals surface area contributed by atoms with E-state index >= 15 is 0 Å². The van der Waals surface area contributed by atoms with E-state index in [1.54, 1.807) is 31.4 Å². The van der Waals surface area contributed by atoms with Gasteiger partial charge in [-0.05, 0) is 65.7 Å². The quantitative estimate of drug-likeness (QED) is 0.150. The summed E-state index contributed by atoms with van der Waals surface area (Å²) < 4.78 is 55.2. The minimum atomic E-state index is -4.45. The number of thiazole rings is 1. The average molecular weight is 629 g/mol. The van der Waals surface area contributed by atoms with E-state index in [9.17, 15) is 22.8 Å². The summed E-state index contributed by atoms with van der Waals surface area (Å²) in [4.78, 5) is 28.2. The Morgan fingerprint density at radius 1 is 1.15 bits per heavy atom. The molecule has 0 bridgehead atoms. The second kappa shape index (κ2) is 13.9. The van der Waals surface area contributed by atoms with Gasteiger partial charge in [-0.2, -0.15) is 18.3 Å². The number of benzene rings is 2. The van der Waals surface area contributed by atoms with Gasteiger partial charge in [-0.1, -0.05) is 6.07 Å². The predicted octanol–water partition coefficient (Wildman–Crippen LogP) is 5.70. The molecule has 208 valence electrons. The van der Waals surface area contributed by atoms with Crippen molar-refractivity contribution in [3.8, 4) is 11.5 Å². The maximum Gasteiger partial charge on any atom is 0.416 e. The highest BCUT2D eigenvalue weighted by Gasteiger charge is 2.30. The van der Waals surface area contributed by atoms with Crippen LogP contribution in [0.25, 0.3) is 0 Å². The van der Waals surface area contributed by atoms with Crippen LogP contribution >= 0.6 is 27.3 Å². The molecule has 0 aliphatic heterocycles. The van der Waals surface area contributed by atoms with E-state index in [1.807, 2.05) is 0 Å². The number of nitrogens with one attached hydrogen (secondary N) is 2. The Morgan fingerprint density at radius 3 is 2.67 bits per heavy atom. The molecule has 0 aliphatic rings. The number of nitrogens with zero attached hydrogens (tertiary/aromatic N) is 2. The van der Waals surface area contributed by atoms with Gasteiger partial charge in [-0.3, -0.25) is 4.79 Å². The molecule has 9 nitrogen and oxygen atoms in total. The number of aromatic nitrogens is 1. The molecule has 3 aromatic rings. The Kier molecular flexibility index (Phi) is 10.7. The second-order valence-electron chi connectivity index (χ2n) is 7.67. The number of esters is 1. The van der Waals surface area contributed by atoms with Crippen LogP contribution < -0.4 is 20.2 Å². The van der Waals surface area contributed by atoms with E-state index in [2.05, 4.69) is 36.8 Å². The van der Waals surface area contributed by atoms with Gasteiger partial charge in [0.05, 0.1) is 41.6 Å². The number of hydrogen-bond acceptors (Lipinski definition) is 9. The molecule has 0 radical (unpaired) electrons. The summed E-state index contributed by atoms with van der Waals surface area (Å²) >= 11 is 4.54. The minimum Gasteiger partial charge on any atom is -0.490 e. The van der Waals surface area contributed by atoms with E-state index in [0.717, 1.165) is 23.5 Å². The lowest BCUT2D eigenvalue weighted by molar-refractivity contribution is -0.145. The van der Waals surface area contributed by atoms with E-state index < -0.39 is 23.6 Å². The smallest absolute Gasteiger partial charge is 0.416 e. The van der Waals surface area contributed by atoms with Crippen LogP contribution in [0.4, 0.5) is 24.0 Å². The van der Waals surface area contributed by atoms with Crippen LogP contribution in [0.3, 0.4) is 0 Å². The molecule has 0 fully saturated rings. The fourth-order valence-corrected chi connectivity index (χ4v) is 4.43. The van der Waals surface area contributed by atoms with E-state index in [0.29, 0.717) is 39.0 Å². The first kappa shape index (κ1) is 29.9. The first-order valence-corrected chi connectivity index (χ1v) is 13.2. The van der Waals surface area contributed by atoms with Crippen molar-refractivity contribution in [1.82, 2.24) is 10.4 Å². The maximum atomic E-state index is 12.9.